The van der Waals surface area contributed by atoms with Crippen LogP contribution in [0.2, 0.25) is 0 Å². The summed E-state index contributed by atoms with van der Waals surface area (Å²) in [5.74, 6) is -2.90. The van der Waals surface area contributed by atoms with E-state index in [1.54, 1.807) is 24.3 Å². The Kier molecular flexibility index (Phi) is 4.34. The van der Waals surface area contributed by atoms with E-state index in [1.165, 1.54) is 12.1 Å². The highest BCUT2D eigenvalue weighted by Crippen LogP contribution is 2.25. The van der Waals surface area contributed by atoms with Gasteiger partial charge in [-0.25, -0.2) is 8.78 Å². The summed E-state index contributed by atoms with van der Waals surface area (Å²) in [6.07, 6.45) is 0. The van der Waals surface area contributed by atoms with E-state index in [1.807, 2.05) is 0 Å². The Balaban J connectivity index is 2.37. The van der Waals surface area contributed by atoms with Gasteiger partial charge in [0.05, 0.1) is 0 Å². The fourth-order valence-corrected chi connectivity index (χ4v) is 2.19. The molecule has 0 spiro atoms. The van der Waals surface area contributed by atoms with Crippen LogP contribution < -0.4 is 11.1 Å². The Morgan fingerprint density at radius 1 is 1.20 bits per heavy atom. The number of halogens is 3. The fraction of sp³-hybridized carbons (Fsp3) is 0.0714. The lowest BCUT2D eigenvalue weighted by molar-refractivity contribution is -0.118. The van der Waals surface area contributed by atoms with Crippen molar-refractivity contribution in [1.82, 2.24) is 0 Å². The van der Waals surface area contributed by atoms with E-state index in [9.17, 15) is 13.6 Å². The molecule has 104 valence electrons. The van der Waals surface area contributed by atoms with Gasteiger partial charge < -0.3 is 11.1 Å². The lowest BCUT2D eigenvalue weighted by Gasteiger charge is -2.18. The predicted octanol–water partition coefficient (Wildman–Crippen LogP) is 3.37. The van der Waals surface area contributed by atoms with Gasteiger partial charge in [-0.05, 0) is 24.3 Å². The minimum Gasteiger partial charge on any atom is -0.370 e. The lowest BCUT2D eigenvalue weighted by atomic mass is 10.0. The van der Waals surface area contributed by atoms with Gasteiger partial charge >= 0.3 is 0 Å². The molecular weight excluding hydrogens is 330 g/mol. The smallest absolute Gasteiger partial charge is 0.244 e. The maximum absolute atomic E-state index is 13.8. The van der Waals surface area contributed by atoms with E-state index >= 15 is 0 Å². The third-order valence-corrected chi connectivity index (χ3v) is 3.21. The Bertz CT molecular complexity index is 649. The second kappa shape index (κ2) is 6.00. The monoisotopic (exact) mass is 340 g/mol. The number of amides is 1. The number of nitrogens with one attached hydrogen (secondary N) is 1. The summed E-state index contributed by atoms with van der Waals surface area (Å²) < 4.78 is 27.8. The molecule has 2 aromatic carbocycles. The number of anilines is 1. The summed E-state index contributed by atoms with van der Waals surface area (Å²) in [5, 5.41) is 2.79. The Labute approximate surface area is 122 Å². The largest absolute Gasteiger partial charge is 0.370 e. The molecule has 6 heteroatoms. The van der Waals surface area contributed by atoms with Gasteiger partial charge in [0, 0.05) is 15.7 Å². The van der Waals surface area contributed by atoms with E-state index in [2.05, 4.69) is 21.2 Å². The molecule has 0 radical (unpaired) electrons. The Morgan fingerprint density at radius 3 is 2.55 bits per heavy atom. The number of carbonyl (C=O) groups excluding carboxylic acids is 1. The number of primary amides is 1. The number of benzene rings is 2. The van der Waals surface area contributed by atoms with Gasteiger partial charge in [0.2, 0.25) is 5.91 Å². The van der Waals surface area contributed by atoms with E-state index in [-0.39, 0.29) is 5.56 Å². The van der Waals surface area contributed by atoms with Gasteiger partial charge in [0.25, 0.3) is 0 Å². The normalized spacial score (nSPS) is 11.9. The van der Waals surface area contributed by atoms with Crippen molar-refractivity contribution in [2.75, 3.05) is 5.32 Å². The van der Waals surface area contributed by atoms with Crippen LogP contribution in [0.3, 0.4) is 0 Å². The van der Waals surface area contributed by atoms with Crippen LogP contribution in [0, 0.1) is 11.6 Å². The molecule has 0 aliphatic carbocycles. The van der Waals surface area contributed by atoms with E-state index in [0.717, 1.165) is 10.5 Å². The van der Waals surface area contributed by atoms with Crippen molar-refractivity contribution in [2.24, 2.45) is 5.73 Å². The maximum atomic E-state index is 13.8. The van der Waals surface area contributed by atoms with E-state index in [0.29, 0.717) is 5.69 Å². The standard InChI is InChI=1S/C14H11BrF2N2O/c15-8-3-1-4-9(7-8)19-13(14(18)20)10-5-2-6-11(16)12(10)17/h1-7,13,19H,(H2,18,20). The summed E-state index contributed by atoms with van der Waals surface area (Å²) in [6, 6.07) is 9.41. The van der Waals surface area contributed by atoms with Crippen LogP contribution >= 0.6 is 15.9 Å². The van der Waals surface area contributed by atoms with Crippen molar-refractivity contribution in [3.63, 3.8) is 0 Å². The third kappa shape index (κ3) is 3.14. The molecule has 0 bridgehead atoms. The van der Waals surface area contributed by atoms with Gasteiger partial charge in [-0.15, -0.1) is 0 Å². The highest BCUT2D eigenvalue weighted by Gasteiger charge is 2.23. The zero-order chi connectivity index (χ0) is 14.7. The molecule has 1 amide bonds. The van der Waals surface area contributed by atoms with Crippen LogP contribution in [0.4, 0.5) is 14.5 Å². The molecule has 2 rings (SSSR count). The van der Waals surface area contributed by atoms with Gasteiger partial charge in [0.1, 0.15) is 6.04 Å². The molecule has 3 N–H and O–H groups in total. The minimum atomic E-state index is -1.15. The highest BCUT2D eigenvalue weighted by molar-refractivity contribution is 9.10. The minimum absolute atomic E-state index is 0.127. The molecule has 0 aromatic heterocycles. The quantitative estimate of drug-likeness (QED) is 0.896. The van der Waals surface area contributed by atoms with Crippen LogP contribution in [0.15, 0.2) is 46.9 Å². The lowest BCUT2D eigenvalue weighted by Crippen LogP contribution is -2.28. The summed E-state index contributed by atoms with van der Waals surface area (Å²) in [6.45, 7) is 0. The molecule has 3 nitrogen and oxygen atoms in total. The molecule has 1 atom stereocenters. The molecule has 20 heavy (non-hydrogen) atoms. The van der Waals surface area contributed by atoms with Crippen LogP contribution in [0.1, 0.15) is 11.6 Å². The van der Waals surface area contributed by atoms with Crippen molar-refractivity contribution < 1.29 is 13.6 Å². The summed E-state index contributed by atoms with van der Waals surface area (Å²) in [5.41, 5.74) is 5.71. The zero-order valence-electron chi connectivity index (χ0n) is 10.2. The Morgan fingerprint density at radius 2 is 1.90 bits per heavy atom. The number of rotatable bonds is 4. The van der Waals surface area contributed by atoms with Crippen LogP contribution in [-0.4, -0.2) is 5.91 Å². The van der Waals surface area contributed by atoms with Gasteiger partial charge in [-0.1, -0.05) is 34.1 Å². The first kappa shape index (κ1) is 14.5. The molecule has 0 aliphatic heterocycles. The number of hydrogen-bond donors (Lipinski definition) is 2. The SMILES string of the molecule is NC(=O)C(Nc1cccc(Br)c1)c1cccc(F)c1F. The zero-order valence-corrected chi connectivity index (χ0v) is 11.8. The second-order valence-electron chi connectivity index (χ2n) is 4.13. The molecular formula is C14H11BrF2N2O. The summed E-state index contributed by atoms with van der Waals surface area (Å²) >= 11 is 3.28. The molecule has 0 saturated heterocycles. The van der Waals surface area contributed by atoms with Crippen molar-refractivity contribution in [3.8, 4) is 0 Å². The molecule has 0 saturated carbocycles. The molecule has 1 unspecified atom stereocenters. The molecule has 0 aliphatic rings. The first-order chi connectivity index (χ1) is 9.49. The van der Waals surface area contributed by atoms with E-state index in [4.69, 9.17) is 5.73 Å². The third-order valence-electron chi connectivity index (χ3n) is 2.71. The van der Waals surface area contributed by atoms with Crippen LogP contribution in [0.5, 0.6) is 0 Å². The second-order valence-corrected chi connectivity index (χ2v) is 5.05. The average molecular weight is 341 g/mol. The van der Waals surface area contributed by atoms with Crippen molar-refractivity contribution >= 4 is 27.5 Å². The molecule has 0 heterocycles. The van der Waals surface area contributed by atoms with Crippen molar-refractivity contribution in [1.29, 1.82) is 0 Å². The molecule has 2 aromatic rings. The Hall–Kier alpha value is -1.95. The van der Waals surface area contributed by atoms with Crippen LogP contribution in [-0.2, 0) is 4.79 Å². The van der Waals surface area contributed by atoms with Crippen molar-refractivity contribution in [3.05, 3.63) is 64.1 Å². The number of carbonyl (C=O) groups is 1. The van der Waals surface area contributed by atoms with Gasteiger partial charge in [-0.2, -0.15) is 0 Å². The number of nitrogens with two attached hydrogens (primary N) is 1. The average Bonchev–Trinajstić information content (AvgIpc) is 2.39. The first-order valence-electron chi connectivity index (χ1n) is 5.74. The van der Waals surface area contributed by atoms with Gasteiger partial charge in [0.15, 0.2) is 11.6 Å². The summed E-state index contributed by atoms with van der Waals surface area (Å²) in [7, 11) is 0. The topological polar surface area (TPSA) is 55.1 Å². The molecule has 0 fully saturated rings. The van der Waals surface area contributed by atoms with Crippen molar-refractivity contribution in [2.45, 2.75) is 6.04 Å². The van der Waals surface area contributed by atoms with E-state index < -0.39 is 23.6 Å². The highest BCUT2D eigenvalue weighted by atomic mass is 79.9. The fourth-order valence-electron chi connectivity index (χ4n) is 1.79. The van der Waals surface area contributed by atoms with Crippen LogP contribution in [0.25, 0.3) is 0 Å². The summed E-state index contributed by atoms with van der Waals surface area (Å²) in [4.78, 5) is 11.5. The maximum Gasteiger partial charge on any atom is 0.244 e. The van der Waals surface area contributed by atoms with Gasteiger partial charge in [-0.3, -0.25) is 4.79 Å². The predicted molar refractivity (Wildman–Crippen MR) is 76.1 cm³/mol. The first-order valence-corrected chi connectivity index (χ1v) is 6.53. The number of hydrogen-bond acceptors (Lipinski definition) is 2.